The number of likely N-dealkylation sites (tertiary alicyclic amines) is 1. The van der Waals surface area contributed by atoms with Crippen molar-refractivity contribution in [3.63, 3.8) is 0 Å². The van der Waals surface area contributed by atoms with E-state index < -0.39 is 11.5 Å². The average molecular weight is 390 g/mol. The molecule has 2 saturated heterocycles. The first-order chi connectivity index (χ1) is 11.1. The molecule has 0 bridgehead atoms. The van der Waals surface area contributed by atoms with Gasteiger partial charge in [-0.2, -0.15) is 0 Å². The zero-order valence-corrected chi connectivity index (χ0v) is 16.2. The van der Waals surface area contributed by atoms with E-state index in [4.69, 9.17) is 0 Å². The van der Waals surface area contributed by atoms with E-state index in [1.54, 1.807) is 0 Å². The number of nitrogens with zero attached hydrogens (tertiary/aromatic N) is 1. The molecule has 0 spiro atoms. The fraction of sp³-hybridized carbons (Fsp3) is 0.611. The number of nitrogens with one attached hydrogen (secondary N) is 2. The van der Waals surface area contributed by atoms with Crippen molar-refractivity contribution in [2.75, 3.05) is 33.2 Å². The van der Waals surface area contributed by atoms with Gasteiger partial charge in [-0.25, -0.2) is 0 Å². The van der Waals surface area contributed by atoms with E-state index in [0.29, 0.717) is 6.54 Å². The summed E-state index contributed by atoms with van der Waals surface area (Å²) >= 11 is 0. The van der Waals surface area contributed by atoms with Crippen LogP contribution in [0, 0.1) is 0 Å². The SMILES string of the molecule is CN1CCC(C(=O)N[C@@H]2CCNC[C@H]2O)(c2ccccc2)CC1.Cl.Cl. The number of halogens is 2. The van der Waals surface area contributed by atoms with Gasteiger partial charge >= 0.3 is 0 Å². The molecular weight excluding hydrogens is 361 g/mol. The Morgan fingerprint density at radius 1 is 1.24 bits per heavy atom. The first-order valence-electron chi connectivity index (χ1n) is 8.56. The molecule has 1 aromatic rings. The van der Waals surface area contributed by atoms with Crippen LogP contribution >= 0.6 is 24.8 Å². The molecule has 3 N–H and O–H groups in total. The molecule has 0 saturated carbocycles. The van der Waals surface area contributed by atoms with Gasteiger partial charge in [0.25, 0.3) is 0 Å². The summed E-state index contributed by atoms with van der Waals surface area (Å²) in [6.45, 7) is 3.21. The second kappa shape index (κ2) is 9.74. The minimum absolute atomic E-state index is 0. The maximum Gasteiger partial charge on any atom is 0.231 e. The van der Waals surface area contributed by atoms with Crippen LogP contribution in [0.4, 0.5) is 0 Å². The number of rotatable bonds is 3. The minimum Gasteiger partial charge on any atom is -0.390 e. The van der Waals surface area contributed by atoms with Gasteiger partial charge in [0.1, 0.15) is 0 Å². The Labute approximate surface area is 162 Å². The smallest absolute Gasteiger partial charge is 0.231 e. The van der Waals surface area contributed by atoms with Crippen LogP contribution < -0.4 is 10.6 Å². The number of benzene rings is 1. The summed E-state index contributed by atoms with van der Waals surface area (Å²) in [6, 6.07) is 9.96. The van der Waals surface area contributed by atoms with Crippen LogP contribution in [0.1, 0.15) is 24.8 Å². The topological polar surface area (TPSA) is 64.6 Å². The molecule has 142 valence electrons. The third-order valence-corrected chi connectivity index (χ3v) is 5.37. The van der Waals surface area contributed by atoms with Crippen molar-refractivity contribution in [1.82, 2.24) is 15.5 Å². The second-order valence-corrected chi connectivity index (χ2v) is 6.89. The monoisotopic (exact) mass is 389 g/mol. The molecule has 1 aromatic carbocycles. The zero-order chi connectivity index (χ0) is 16.3. The Morgan fingerprint density at radius 2 is 1.88 bits per heavy atom. The molecule has 7 heteroatoms. The van der Waals surface area contributed by atoms with Crippen LogP contribution in [0.25, 0.3) is 0 Å². The zero-order valence-electron chi connectivity index (χ0n) is 14.6. The lowest BCUT2D eigenvalue weighted by atomic mass is 9.71. The predicted molar refractivity (Wildman–Crippen MR) is 105 cm³/mol. The van der Waals surface area contributed by atoms with Gasteiger partial charge in [-0.3, -0.25) is 4.79 Å². The third-order valence-electron chi connectivity index (χ3n) is 5.37. The fourth-order valence-electron chi connectivity index (χ4n) is 3.72. The molecule has 2 aliphatic rings. The van der Waals surface area contributed by atoms with Crippen molar-refractivity contribution in [1.29, 1.82) is 0 Å². The maximum atomic E-state index is 13.2. The van der Waals surface area contributed by atoms with E-state index in [1.807, 2.05) is 18.2 Å². The second-order valence-electron chi connectivity index (χ2n) is 6.89. The van der Waals surface area contributed by atoms with E-state index in [1.165, 1.54) is 0 Å². The predicted octanol–water partition coefficient (Wildman–Crippen LogP) is 1.33. The molecule has 2 fully saturated rings. The van der Waals surface area contributed by atoms with E-state index >= 15 is 0 Å². The number of aliphatic hydroxyl groups excluding tert-OH is 1. The van der Waals surface area contributed by atoms with E-state index in [9.17, 15) is 9.90 Å². The highest BCUT2D eigenvalue weighted by Crippen LogP contribution is 2.35. The summed E-state index contributed by atoms with van der Waals surface area (Å²) in [7, 11) is 2.10. The molecule has 0 aromatic heterocycles. The average Bonchev–Trinajstić information content (AvgIpc) is 2.58. The maximum absolute atomic E-state index is 13.2. The third kappa shape index (κ3) is 4.86. The summed E-state index contributed by atoms with van der Waals surface area (Å²) in [5.41, 5.74) is 0.618. The van der Waals surface area contributed by atoms with Gasteiger partial charge in [-0.15, -0.1) is 24.8 Å². The van der Waals surface area contributed by atoms with Crippen molar-refractivity contribution in [3.8, 4) is 0 Å². The van der Waals surface area contributed by atoms with Crippen molar-refractivity contribution in [3.05, 3.63) is 35.9 Å². The standard InChI is InChI=1S/C18H27N3O2.2ClH/c1-21-11-8-18(9-12-21,14-5-3-2-4-6-14)17(23)20-15-7-10-19-13-16(15)22;;/h2-6,15-16,19,22H,7-13H2,1H3,(H,20,23);2*1H/t15-,16-;;/m1../s1. The lowest BCUT2D eigenvalue weighted by Gasteiger charge is -2.41. The number of carbonyl (C=O) groups is 1. The van der Waals surface area contributed by atoms with Gasteiger partial charge in [0.2, 0.25) is 5.91 Å². The summed E-state index contributed by atoms with van der Waals surface area (Å²) < 4.78 is 0. The molecule has 3 rings (SSSR count). The number of β-amino-alcohol motifs (C(OH)–C–C–N with tert-alkyl or cyclic N) is 1. The van der Waals surface area contributed by atoms with Crippen LogP contribution in [-0.4, -0.2) is 61.3 Å². The lowest BCUT2D eigenvalue weighted by molar-refractivity contribution is -0.130. The molecule has 2 atom stereocenters. The number of amides is 1. The minimum atomic E-state index is -0.508. The van der Waals surface area contributed by atoms with Crippen molar-refractivity contribution >= 4 is 30.7 Å². The number of hydrogen-bond donors (Lipinski definition) is 3. The molecule has 1 amide bonds. The largest absolute Gasteiger partial charge is 0.390 e. The number of carbonyl (C=O) groups excluding carboxylic acids is 1. The normalized spacial score (nSPS) is 26.0. The van der Waals surface area contributed by atoms with Gasteiger partial charge in [0, 0.05) is 6.54 Å². The quantitative estimate of drug-likeness (QED) is 0.729. The Bertz CT molecular complexity index is 536. The summed E-state index contributed by atoms with van der Waals surface area (Å²) in [6.07, 6.45) is 1.91. The number of hydrogen-bond acceptors (Lipinski definition) is 4. The Morgan fingerprint density at radius 3 is 2.48 bits per heavy atom. The Balaban J connectivity index is 0.00000156. The number of piperidine rings is 2. The highest BCUT2D eigenvalue weighted by Gasteiger charge is 2.43. The van der Waals surface area contributed by atoms with E-state index in [-0.39, 0.29) is 36.8 Å². The highest BCUT2D eigenvalue weighted by molar-refractivity contribution is 5.88. The van der Waals surface area contributed by atoms with E-state index in [2.05, 4.69) is 34.7 Å². The number of aliphatic hydroxyl groups is 1. The van der Waals surface area contributed by atoms with Crippen molar-refractivity contribution < 1.29 is 9.90 Å². The van der Waals surface area contributed by atoms with E-state index in [0.717, 1.165) is 44.5 Å². The summed E-state index contributed by atoms with van der Waals surface area (Å²) in [4.78, 5) is 15.5. The van der Waals surface area contributed by atoms with Crippen LogP contribution in [0.3, 0.4) is 0 Å². The van der Waals surface area contributed by atoms with Crippen molar-refractivity contribution in [2.45, 2.75) is 36.8 Å². The highest BCUT2D eigenvalue weighted by atomic mass is 35.5. The molecular formula is C18H29Cl2N3O2. The van der Waals surface area contributed by atoms with Gasteiger partial charge < -0.3 is 20.6 Å². The van der Waals surface area contributed by atoms with Crippen LogP contribution in [-0.2, 0) is 10.2 Å². The lowest BCUT2D eigenvalue weighted by Crippen LogP contribution is -2.58. The molecule has 0 unspecified atom stereocenters. The molecule has 25 heavy (non-hydrogen) atoms. The summed E-state index contributed by atoms with van der Waals surface area (Å²) in [5, 5.41) is 16.4. The molecule has 0 aliphatic carbocycles. The van der Waals surface area contributed by atoms with Gasteiger partial charge in [0.05, 0.1) is 17.6 Å². The van der Waals surface area contributed by atoms with Gasteiger partial charge in [-0.05, 0) is 51.5 Å². The van der Waals surface area contributed by atoms with Gasteiger partial charge in [0.15, 0.2) is 0 Å². The molecule has 5 nitrogen and oxygen atoms in total. The van der Waals surface area contributed by atoms with Crippen LogP contribution in [0.2, 0.25) is 0 Å². The molecule has 0 radical (unpaired) electrons. The Hall–Kier alpha value is -0.850. The van der Waals surface area contributed by atoms with Crippen LogP contribution in [0.15, 0.2) is 30.3 Å². The van der Waals surface area contributed by atoms with Gasteiger partial charge in [-0.1, -0.05) is 30.3 Å². The molecule has 2 heterocycles. The van der Waals surface area contributed by atoms with Crippen LogP contribution in [0.5, 0.6) is 0 Å². The first kappa shape index (κ1) is 22.2. The molecule has 2 aliphatic heterocycles. The summed E-state index contributed by atoms with van der Waals surface area (Å²) in [5.74, 6) is 0.0720. The Kier molecular flexibility index (Phi) is 8.64. The van der Waals surface area contributed by atoms with Crippen molar-refractivity contribution in [2.24, 2.45) is 0 Å². The first-order valence-corrected chi connectivity index (χ1v) is 8.56. The fourth-order valence-corrected chi connectivity index (χ4v) is 3.72.